The summed E-state index contributed by atoms with van der Waals surface area (Å²) in [6.07, 6.45) is 3.63. The molecule has 0 aromatic heterocycles. The van der Waals surface area contributed by atoms with Gasteiger partial charge in [-0.05, 0) is 31.2 Å². The summed E-state index contributed by atoms with van der Waals surface area (Å²) < 4.78 is 16.9. The topological polar surface area (TPSA) is 99.2 Å². The number of anilines is 1. The molecule has 0 bridgehead atoms. The van der Waals surface area contributed by atoms with E-state index < -0.39 is 29.4 Å². The van der Waals surface area contributed by atoms with Crippen LogP contribution in [0.1, 0.15) is 51.6 Å². The molecule has 0 saturated carbocycles. The Balaban J connectivity index is 1.71. The van der Waals surface area contributed by atoms with Gasteiger partial charge in [-0.25, -0.2) is 0 Å². The zero-order valence-electron chi connectivity index (χ0n) is 22.5. The van der Waals surface area contributed by atoms with Gasteiger partial charge in [0, 0.05) is 35.1 Å². The van der Waals surface area contributed by atoms with Crippen molar-refractivity contribution in [3.63, 3.8) is 0 Å². The predicted molar refractivity (Wildman–Crippen MR) is 147 cm³/mol. The zero-order valence-corrected chi connectivity index (χ0v) is 22.5. The molecule has 6 rings (SSSR count). The Morgan fingerprint density at radius 1 is 0.850 bits per heavy atom. The van der Waals surface area contributed by atoms with Crippen LogP contribution in [0.25, 0.3) is 6.08 Å². The maximum Gasteiger partial charge on any atom is 0.308 e. The summed E-state index contributed by atoms with van der Waals surface area (Å²) in [5.74, 6) is -1.30. The van der Waals surface area contributed by atoms with Crippen molar-refractivity contribution in [2.24, 2.45) is 5.41 Å². The molecule has 1 saturated heterocycles. The molecule has 0 N–H and O–H groups in total. The number of hydrogen-bond acceptors (Lipinski definition) is 8. The summed E-state index contributed by atoms with van der Waals surface area (Å²) in [4.78, 5) is 56.9. The Labute approximate surface area is 231 Å². The van der Waals surface area contributed by atoms with E-state index in [0.29, 0.717) is 39.4 Å². The van der Waals surface area contributed by atoms with Gasteiger partial charge in [-0.1, -0.05) is 48.6 Å². The number of fused-ring (bicyclic) bond motifs is 5. The summed E-state index contributed by atoms with van der Waals surface area (Å²) in [6.45, 7) is 2.75. The summed E-state index contributed by atoms with van der Waals surface area (Å²) in [6, 6.07) is 15.3. The molecule has 2 heterocycles. The predicted octanol–water partition coefficient (Wildman–Crippen LogP) is 4.65. The molecule has 3 aromatic carbocycles. The van der Waals surface area contributed by atoms with Gasteiger partial charge in [0.05, 0.1) is 32.0 Å². The van der Waals surface area contributed by atoms with Gasteiger partial charge in [0.1, 0.15) is 16.9 Å². The van der Waals surface area contributed by atoms with Gasteiger partial charge in [0.15, 0.2) is 23.1 Å². The van der Waals surface area contributed by atoms with Crippen LogP contribution < -0.4 is 19.1 Å². The van der Waals surface area contributed by atoms with E-state index in [4.69, 9.17) is 14.2 Å². The lowest BCUT2D eigenvalue weighted by Crippen LogP contribution is -2.48. The molecule has 3 atom stereocenters. The average Bonchev–Trinajstić information content (AvgIpc) is 3.38. The van der Waals surface area contributed by atoms with Crippen molar-refractivity contribution >= 4 is 35.1 Å². The number of benzene rings is 3. The van der Waals surface area contributed by atoms with Crippen LogP contribution in [0.2, 0.25) is 0 Å². The Morgan fingerprint density at radius 3 is 2.15 bits per heavy atom. The molecular formula is C32H27NO7. The third-order valence-corrected chi connectivity index (χ3v) is 8.23. The third-order valence-electron chi connectivity index (χ3n) is 8.23. The normalized spacial score (nSPS) is 21.6. The maximum absolute atomic E-state index is 14.6. The largest absolute Gasteiger partial charge is 0.497 e. The van der Waals surface area contributed by atoms with Crippen LogP contribution in [0.15, 0.2) is 66.7 Å². The Hall–Kier alpha value is -4.72. The fourth-order valence-corrected chi connectivity index (χ4v) is 6.80. The third kappa shape index (κ3) is 3.31. The molecule has 3 aromatic rings. The zero-order chi connectivity index (χ0) is 28.3. The molecular weight excluding hydrogens is 510 g/mol. The van der Waals surface area contributed by atoms with Crippen LogP contribution >= 0.6 is 0 Å². The number of ketones is 3. The Morgan fingerprint density at radius 2 is 1.55 bits per heavy atom. The van der Waals surface area contributed by atoms with E-state index in [1.807, 2.05) is 18.2 Å². The molecule has 1 aliphatic carbocycles. The van der Waals surface area contributed by atoms with Crippen molar-refractivity contribution in [2.45, 2.75) is 31.8 Å². The summed E-state index contributed by atoms with van der Waals surface area (Å²) in [7, 11) is 3.03. The van der Waals surface area contributed by atoms with E-state index in [1.54, 1.807) is 59.5 Å². The first-order valence-corrected chi connectivity index (χ1v) is 12.9. The van der Waals surface area contributed by atoms with Crippen LogP contribution in [0.3, 0.4) is 0 Å². The van der Waals surface area contributed by atoms with Crippen LogP contribution in [-0.4, -0.2) is 49.6 Å². The standard InChI is InChI=1S/C32H27NO7/c1-17(34)28-27(23-16-20(38-3)13-14-24(23)39-4)32(30(36)21-9-5-6-10-22(21)31(32)37)26-15-12-19-8-7-11-25(40-18(2)35)29(19)33(26)28/h5-16,26-28H,1-4H3. The van der Waals surface area contributed by atoms with Gasteiger partial charge in [0.2, 0.25) is 0 Å². The lowest BCUT2D eigenvalue weighted by Gasteiger charge is -2.37. The van der Waals surface area contributed by atoms with Gasteiger partial charge in [-0.3, -0.25) is 19.2 Å². The number of rotatable bonds is 5. The summed E-state index contributed by atoms with van der Waals surface area (Å²) >= 11 is 0. The first-order chi connectivity index (χ1) is 19.2. The number of carbonyl (C=O) groups excluding carboxylic acids is 4. The smallest absolute Gasteiger partial charge is 0.308 e. The average molecular weight is 538 g/mol. The highest BCUT2D eigenvalue weighted by molar-refractivity contribution is 6.32. The minimum absolute atomic E-state index is 0.245. The number of esters is 1. The minimum atomic E-state index is -1.70. The monoisotopic (exact) mass is 537 g/mol. The number of nitrogens with zero attached hydrogens (tertiary/aromatic N) is 1. The highest BCUT2D eigenvalue weighted by atomic mass is 16.5. The van der Waals surface area contributed by atoms with Crippen LogP contribution in [-0.2, 0) is 9.59 Å². The van der Waals surface area contributed by atoms with Crippen molar-refractivity contribution in [3.05, 3.63) is 89.0 Å². The van der Waals surface area contributed by atoms with Crippen molar-refractivity contribution < 1.29 is 33.4 Å². The lowest BCUT2D eigenvalue weighted by atomic mass is 9.64. The van der Waals surface area contributed by atoms with E-state index in [9.17, 15) is 19.2 Å². The van der Waals surface area contributed by atoms with Gasteiger partial charge in [0.25, 0.3) is 0 Å². The molecule has 3 aliphatic rings. The maximum atomic E-state index is 14.6. The Bertz CT molecular complexity index is 1600. The fraction of sp³-hybridized carbons (Fsp3) is 0.250. The number of methoxy groups -OCH3 is 2. The highest BCUT2D eigenvalue weighted by Gasteiger charge is 2.71. The molecule has 3 unspecified atom stereocenters. The first-order valence-electron chi connectivity index (χ1n) is 12.9. The van der Waals surface area contributed by atoms with Crippen molar-refractivity contribution in [1.82, 2.24) is 0 Å². The molecule has 0 amide bonds. The number of hydrogen-bond donors (Lipinski definition) is 0. The molecule has 1 fully saturated rings. The van der Waals surface area contributed by atoms with E-state index in [1.165, 1.54) is 28.1 Å². The molecule has 2 aliphatic heterocycles. The van der Waals surface area contributed by atoms with Crippen molar-refractivity contribution in [3.8, 4) is 17.2 Å². The fourth-order valence-electron chi connectivity index (χ4n) is 6.80. The van der Waals surface area contributed by atoms with Crippen LogP contribution in [0, 0.1) is 5.41 Å². The summed E-state index contributed by atoms with van der Waals surface area (Å²) in [5, 5.41) is 0. The number of ether oxygens (including phenoxy) is 3. The highest BCUT2D eigenvalue weighted by Crippen LogP contribution is 2.62. The molecule has 1 spiro atoms. The first kappa shape index (κ1) is 25.6. The summed E-state index contributed by atoms with van der Waals surface area (Å²) in [5.41, 5.74) is 0.616. The van der Waals surface area contributed by atoms with Gasteiger partial charge < -0.3 is 19.1 Å². The molecule has 8 heteroatoms. The Kier molecular flexibility index (Phi) is 5.87. The second kappa shape index (κ2) is 9.19. The SMILES string of the molecule is COc1ccc(OC)c(C2C(C(C)=O)N3c4c(cccc4OC(C)=O)C=CC3C23C(=O)c2ccccc2C3=O)c1. The number of para-hydroxylation sites is 1. The quantitative estimate of drug-likeness (QED) is 0.264. The van der Waals surface area contributed by atoms with E-state index in [0.717, 1.165) is 0 Å². The number of carbonyl (C=O) groups is 4. The molecule has 8 nitrogen and oxygen atoms in total. The van der Waals surface area contributed by atoms with E-state index >= 15 is 0 Å². The van der Waals surface area contributed by atoms with Crippen molar-refractivity contribution in [2.75, 3.05) is 19.1 Å². The van der Waals surface area contributed by atoms with Gasteiger partial charge in [-0.2, -0.15) is 0 Å². The number of Topliss-reactive ketones (excluding diaryl/α,β-unsaturated/α-hetero) is 3. The molecule has 202 valence electrons. The van der Waals surface area contributed by atoms with Gasteiger partial charge >= 0.3 is 5.97 Å². The second-order valence-corrected chi connectivity index (χ2v) is 10.2. The van der Waals surface area contributed by atoms with E-state index in [2.05, 4.69) is 0 Å². The van der Waals surface area contributed by atoms with Gasteiger partial charge in [-0.15, -0.1) is 0 Å². The second-order valence-electron chi connectivity index (χ2n) is 10.2. The van der Waals surface area contributed by atoms with Crippen LogP contribution in [0.5, 0.6) is 17.2 Å². The lowest BCUT2D eigenvalue weighted by molar-refractivity contribution is -0.131. The van der Waals surface area contributed by atoms with Crippen molar-refractivity contribution in [1.29, 1.82) is 0 Å². The van der Waals surface area contributed by atoms with Crippen LogP contribution in [0.4, 0.5) is 5.69 Å². The molecule has 40 heavy (non-hydrogen) atoms. The van der Waals surface area contributed by atoms with E-state index in [-0.39, 0.29) is 23.1 Å². The molecule has 0 radical (unpaired) electrons. The minimum Gasteiger partial charge on any atom is -0.497 e.